The highest BCUT2D eigenvalue weighted by Gasteiger charge is 2.42. The van der Waals surface area contributed by atoms with E-state index in [0.717, 1.165) is 6.42 Å². The molecule has 1 unspecified atom stereocenters. The Morgan fingerprint density at radius 3 is 2.00 bits per heavy atom. The van der Waals surface area contributed by atoms with Crippen LogP contribution in [0.4, 0.5) is 0 Å². The van der Waals surface area contributed by atoms with Gasteiger partial charge in [0, 0.05) is 24.4 Å². The number of likely N-dealkylation sites (N-methyl/N-ethyl adjacent to an activating group) is 1. The molecule has 0 radical (unpaired) electrons. The van der Waals surface area contributed by atoms with E-state index in [1.165, 1.54) is 0 Å². The van der Waals surface area contributed by atoms with Gasteiger partial charge in [-0.05, 0) is 25.2 Å². The normalized spacial score (nSPS) is 19.6. The van der Waals surface area contributed by atoms with Crippen molar-refractivity contribution in [1.29, 1.82) is 0 Å². The predicted molar refractivity (Wildman–Crippen MR) is 105 cm³/mol. The van der Waals surface area contributed by atoms with Crippen molar-refractivity contribution >= 4 is 17.6 Å². The van der Waals surface area contributed by atoms with E-state index in [-0.39, 0.29) is 17.6 Å². The molecular formula is C21H38N2O3. The van der Waals surface area contributed by atoms with Gasteiger partial charge in [0.2, 0.25) is 11.8 Å². The smallest absolute Gasteiger partial charge is 0.245 e. The van der Waals surface area contributed by atoms with Crippen LogP contribution < -0.4 is 0 Å². The maximum Gasteiger partial charge on any atom is 0.245 e. The number of carbonyl (C=O) groups excluding carboxylic acids is 3. The third-order valence-electron chi connectivity index (χ3n) is 4.99. The van der Waals surface area contributed by atoms with Crippen LogP contribution in [0.15, 0.2) is 0 Å². The van der Waals surface area contributed by atoms with Gasteiger partial charge in [-0.15, -0.1) is 0 Å². The molecule has 5 heteroatoms. The highest BCUT2D eigenvalue weighted by Crippen LogP contribution is 2.29. The van der Waals surface area contributed by atoms with Gasteiger partial charge in [0.1, 0.15) is 6.04 Å². The molecule has 0 aliphatic carbocycles. The first kappa shape index (κ1) is 22.7. The Labute approximate surface area is 159 Å². The lowest BCUT2D eigenvalue weighted by Crippen LogP contribution is -2.54. The zero-order chi connectivity index (χ0) is 20.4. The van der Waals surface area contributed by atoms with E-state index in [4.69, 9.17) is 0 Å². The van der Waals surface area contributed by atoms with Crippen LogP contribution in [0.2, 0.25) is 0 Å². The van der Waals surface area contributed by atoms with E-state index < -0.39 is 22.9 Å². The lowest BCUT2D eigenvalue weighted by molar-refractivity contribution is -0.151. The molecule has 1 saturated heterocycles. The minimum absolute atomic E-state index is 0.00399. The topological polar surface area (TPSA) is 57.7 Å². The molecule has 0 bridgehead atoms. The molecule has 150 valence electrons. The number of ketones is 1. The fourth-order valence-electron chi connectivity index (χ4n) is 3.47. The van der Waals surface area contributed by atoms with Gasteiger partial charge >= 0.3 is 0 Å². The molecule has 5 nitrogen and oxygen atoms in total. The summed E-state index contributed by atoms with van der Waals surface area (Å²) in [6.45, 7) is 16.1. The standard InChI is InChI=1S/C21H38N2O3/c1-14(2)13-16(17(24)20(3,4)5)22(9)18(25)15-11-10-12-23(15)19(26)21(6,7)8/h14-16H,10-13H2,1-9H3/t15?,16-/m1/s1. The van der Waals surface area contributed by atoms with Crippen molar-refractivity contribution < 1.29 is 14.4 Å². The van der Waals surface area contributed by atoms with Crippen LogP contribution >= 0.6 is 0 Å². The Morgan fingerprint density at radius 2 is 1.58 bits per heavy atom. The number of carbonyl (C=O) groups is 3. The van der Waals surface area contributed by atoms with Gasteiger partial charge in [0.05, 0.1) is 6.04 Å². The molecule has 1 rings (SSSR count). The van der Waals surface area contributed by atoms with E-state index >= 15 is 0 Å². The van der Waals surface area contributed by atoms with Crippen molar-refractivity contribution in [2.75, 3.05) is 13.6 Å². The first-order valence-corrected chi connectivity index (χ1v) is 9.80. The second kappa shape index (κ2) is 8.10. The monoisotopic (exact) mass is 366 g/mol. The van der Waals surface area contributed by atoms with Crippen molar-refractivity contribution in [3.05, 3.63) is 0 Å². The Kier molecular flexibility index (Phi) is 7.05. The minimum atomic E-state index is -0.514. The van der Waals surface area contributed by atoms with Crippen LogP contribution in [0.3, 0.4) is 0 Å². The average molecular weight is 367 g/mol. The third kappa shape index (κ3) is 5.31. The Hall–Kier alpha value is -1.39. The van der Waals surface area contributed by atoms with E-state index in [1.54, 1.807) is 16.8 Å². The van der Waals surface area contributed by atoms with Crippen molar-refractivity contribution in [2.45, 2.75) is 86.7 Å². The fraction of sp³-hybridized carbons (Fsp3) is 0.857. The number of amides is 2. The van der Waals surface area contributed by atoms with Crippen molar-refractivity contribution in [2.24, 2.45) is 16.7 Å². The van der Waals surface area contributed by atoms with E-state index in [0.29, 0.717) is 25.3 Å². The molecule has 0 aromatic rings. The first-order valence-electron chi connectivity index (χ1n) is 9.80. The third-order valence-corrected chi connectivity index (χ3v) is 4.99. The van der Waals surface area contributed by atoms with Gasteiger partial charge in [-0.2, -0.15) is 0 Å². The van der Waals surface area contributed by atoms with Crippen LogP contribution in [-0.4, -0.2) is 53.1 Å². The summed E-state index contributed by atoms with van der Waals surface area (Å²) < 4.78 is 0. The molecule has 1 aliphatic heterocycles. The number of rotatable bonds is 5. The largest absolute Gasteiger partial charge is 0.334 e. The van der Waals surface area contributed by atoms with Gasteiger partial charge in [-0.3, -0.25) is 14.4 Å². The molecule has 1 aliphatic rings. The second-order valence-electron chi connectivity index (χ2n) is 10.1. The lowest BCUT2D eigenvalue weighted by atomic mass is 9.83. The SMILES string of the molecule is CC(C)C[C@H](C(=O)C(C)(C)C)N(C)C(=O)C1CCCN1C(=O)C(C)(C)C. The molecule has 2 amide bonds. The molecule has 26 heavy (non-hydrogen) atoms. The van der Waals surface area contributed by atoms with E-state index in [2.05, 4.69) is 13.8 Å². The summed E-state index contributed by atoms with van der Waals surface area (Å²) in [7, 11) is 1.72. The van der Waals surface area contributed by atoms with Crippen LogP contribution in [0, 0.1) is 16.7 Å². The summed E-state index contributed by atoms with van der Waals surface area (Å²) >= 11 is 0. The van der Waals surface area contributed by atoms with E-state index in [1.807, 2.05) is 41.5 Å². The summed E-state index contributed by atoms with van der Waals surface area (Å²) in [5.74, 6) is 0.277. The molecular weight excluding hydrogens is 328 g/mol. The molecule has 1 heterocycles. The highest BCUT2D eigenvalue weighted by molar-refractivity contribution is 5.95. The lowest BCUT2D eigenvalue weighted by Gasteiger charge is -2.37. The Bertz CT molecular complexity index is 540. The van der Waals surface area contributed by atoms with Crippen molar-refractivity contribution in [3.8, 4) is 0 Å². The Morgan fingerprint density at radius 1 is 1.04 bits per heavy atom. The molecule has 0 aromatic heterocycles. The number of Topliss-reactive ketones (excluding diaryl/α,β-unsaturated/α-hetero) is 1. The van der Waals surface area contributed by atoms with Gasteiger partial charge in [0.15, 0.2) is 5.78 Å². The van der Waals surface area contributed by atoms with Crippen LogP contribution in [-0.2, 0) is 14.4 Å². The van der Waals surface area contributed by atoms with Crippen LogP contribution in [0.25, 0.3) is 0 Å². The summed E-state index contributed by atoms with van der Waals surface area (Å²) in [6, 6.07) is -0.899. The Balaban J connectivity index is 3.07. The van der Waals surface area contributed by atoms with E-state index in [9.17, 15) is 14.4 Å². The summed E-state index contributed by atoms with van der Waals surface area (Å²) in [5.41, 5.74) is -1.02. The van der Waals surface area contributed by atoms with Gasteiger partial charge in [-0.1, -0.05) is 55.4 Å². The second-order valence-corrected chi connectivity index (χ2v) is 10.1. The molecule has 1 fully saturated rings. The zero-order valence-electron chi connectivity index (χ0n) is 18.2. The molecule has 2 atom stereocenters. The maximum absolute atomic E-state index is 13.2. The van der Waals surface area contributed by atoms with Gasteiger partial charge in [-0.25, -0.2) is 0 Å². The molecule has 0 spiro atoms. The number of nitrogens with zero attached hydrogens (tertiary/aromatic N) is 2. The number of hydrogen-bond acceptors (Lipinski definition) is 3. The van der Waals surface area contributed by atoms with Gasteiger partial charge < -0.3 is 9.80 Å². The molecule has 0 aromatic carbocycles. The number of likely N-dealkylation sites (tertiary alicyclic amines) is 1. The maximum atomic E-state index is 13.2. The average Bonchev–Trinajstić information content (AvgIpc) is 2.96. The van der Waals surface area contributed by atoms with Crippen molar-refractivity contribution in [3.63, 3.8) is 0 Å². The number of hydrogen-bond donors (Lipinski definition) is 0. The van der Waals surface area contributed by atoms with Crippen LogP contribution in [0.1, 0.15) is 74.7 Å². The van der Waals surface area contributed by atoms with Crippen molar-refractivity contribution in [1.82, 2.24) is 9.80 Å². The summed E-state index contributed by atoms with van der Waals surface area (Å²) in [5, 5.41) is 0. The predicted octanol–water partition coefficient (Wildman–Crippen LogP) is 3.51. The molecule has 0 N–H and O–H groups in total. The van der Waals surface area contributed by atoms with Gasteiger partial charge in [0.25, 0.3) is 0 Å². The summed E-state index contributed by atoms with van der Waals surface area (Å²) in [6.07, 6.45) is 2.13. The summed E-state index contributed by atoms with van der Waals surface area (Å²) in [4.78, 5) is 42.2. The quantitative estimate of drug-likeness (QED) is 0.748. The fourth-order valence-corrected chi connectivity index (χ4v) is 3.47. The first-order chi connectivity index (χ1) is 11.7. The minimum Gasteiger partial charge on any atom is -0.334 e. The zero-order valence-corrected chi connectivity index (χ0v) is 18.2. The highest BCUT2D eigenvalue weighted by atomic mass is 16.2. The van der Waals surface area contributed by atoms with Crippen LogP contribution in [0.5, 0.6) is 0 Å². The molecule has 0 saturated carbocycles.